The first-order chi connectivity index (χ1) is 8.45. The van der Waals surface area contributed by atoms with E-state index in [1.807, 2.05) is 0 Å². The molecule has 6 heteroatoms. The SMILES string of the molecule is CCOC(=O)CC1(C)CCC(NNC(=O)O)CC1. The lowest BCUT2D eigenvalue weighted by molar-refractivity contribution is -0.146. The highest BCUT2D eigenvalue weighted by atomic mass is 16.5. The van der Waals surface area contributed by atoms with E-state index < -0.39 is 6.09 Å². The lowest BCUT2D eigenvalue weighted by Crippen LogP contribution is -2.46. The number of ether oxygens (including phenoxy) is 1. The molecule has 104 valence electrons. The number of carboxylic acid groups (broad SMARTS) is 1. The number of amides is 1. The van der Waals surface area contributed by atoms with Gasteiger partial charge in [-0.3, -0.25) is 10.2 Å². The van der Waals surface area contributed by atoms with Gasteiger partial charge < -0.3 is 9.84 Å². The monoisotopic (exact) mass is 258 g/mol. The van der Waals surface area contributed by atoms with Gasteiger partial charge >= 0.3 is 12.1 Å². The van der Waals surface area contributed by atoms with Gasteiger partial charge in [-0.15, -0.1) is 0 Å². The van der Waals surface area contributed by atoms with Crippen LogP contribution in [0, 0.1) is 5.41 Å². The summed E-state index contributed by atoms with van der Waals surface area (Å²) in [6.45, 7) is 4.31. The number of hydrogen-bond acceptors (Lipinski definition) is 4. The van der Waals surface area contributed by atoms with Crippen molar-refractivity contribution >= 4 is 12.1 Å². The molecule has 0 atom stereocenters. The lowest BCUT2D eigenvalue weighted by Gasteiger charge is -2.36. The van der Waals surface area contributed by atoms with Crippen molar-refractivity contribution in [2.24, 2.45) is 5.41 Å². The summed E-state index contributed by atoms with van der Waals surface area (Å²) < 4.78 is 4.97. The Morgan fingerprint density at radius 1 is 1.39 bits per heavy atom. The first-order valence-electron chi connectivity index (χ1n) is 6.35. The van der Waals surface area contributed by atoms with Crippen LogP contribution in [0.4, 0.5) is 4.79 Å². The van der Waals surface area contributed by atoms with Gasteiger partial charge in [0.25, 0.3) is 0 Å². The van der Waals surface area contributed by atoms with E-state index in [4.69, 9.17) is 9.84 Å². The van der Waals surface area contributed by atoms with E-state index in [0.29, 0.717) is 13.0 Å². The van der Waals surface area contributed by atoms with Crippen LogP contribution in [0.25, 0.3) is 0 Å². The molecular formula is C12H22N2O4. The summed E-state index contributed by atoms with van der Waals surface area (Å²) >= 11 is 0. The maximum atomic E-state index is 11.5. The van der Waals surface area contributed by atoms with Crippen LogP contribution in [-0.4, -0.2) is 29.8 Å². The highest BCUT2D eigenvalue weighted by Crippen LogP contribution is 2.38. The zero-order valence-electron chi connectivity index (χ0n) is 11.0. The van der Waals surface area contributed by atoms with Gasteiger partial charge in [-0.25, -0.2) is 10.2 Å². The third kappa shape index (κ3) is 4.91. The smallest absolute Gasteiger partial charge is 0.419 e. The molecule has 1 amide bonds. The van der Waals surface area contributed by atoms with Crippen molar-refractivity contribution in [1.82, 2.24) is 10.9 Å². The lowest BCUT2D eigenvalue weighted by atomic mass is 9.72. The minimum Gasteiger partial charge on any atom is -0.466 e. The second kappa shape index (κ2) is 6.58. The number of carbonyl (C=O) groups is 2. The number of nitrogens with one attached hydrogen (secondary N) is 2. The molecule has 0 aromatic heterocycles. The van der Waals surface area contributed by atoms with Crippen LogP contribution in [0.3, 0.4) is 0 Å². The van der Waals surface area contributed by atoms with Crippen LogP contribution >= 0.6 is 0 Å². The Morgan fingerprint density at radius 2 is 2.00 bits per heavy atom. The Labute approximate surface area is 107 Å². The molecule has 0 aromatic rings. The van der Waals surface area contributed by atoms with Crippen molar-refractivity contribution in [1.29, 1.82) is 0 Å². The van der Waals surface area contributed by atoms with Gasteiger partial charge in [-0.05, 0) is 38.0 Å². The average molecular weight is 258 g/mol. The second-order valence-corrected chi connectivity index (χ2v) is 5.14. The quantitative estimate of drug-likeness (QED) is 0.515. The van der Waals surface area contributed by atoms with Crippen LogP contribution in [0.1, 0.15) is 46.0 Å². The van der Waals surface area contributed by atoms with E-state index >= 15 is 0 Å². The molecule has 0 saturated heterocycles. The molecule has 1 aliphatic rings. The van der Waals surface area contributed by atoms with E-state index in [1.165, 1.54) is 0 Å². The van der Waals surface area contributed by atoms with Crippen molar-refractivity contribution in [2.45, 2.75) is 52.0 Å². The van der Waals surface area contributed by atoms with Gasteiger partial charge in [0.05, 0.1) is 13.0 Å². The van der Waals surface area contributed by atoms with Gasteiger partial charge in [0.15, 0.2) is 0 Å². The molecular weight excluding hydrogens is 236 g/mol. The van der Waals surface area contributed by atoms with Crippen molar-refractivity contribution in [3.8, 4) is 0 Å². The van der Waals surface area contributed by atoms with Gasteiger partial charge in [0.1, 0.15) is 0 Å². The van der Waals surface area contributed by atoms with Gasteiger partial charge in [-0.2, -0.15) is 0 Å². The summed E-state index contributed by atoms with van der Waals surface area (Å²) in [5, 5.41) is 8.49. The van der Waals surface area contributed by atoms with Gasteiger partial charge in [0.2, 0.25) is 0 Å². The molecule has 0 spiro atoms. The molecule has 1 saturated carbocycles. The van der Waals surface area contributed by atoms with Crippen molar-refractivity contribution in [2.75, 3.05) is 6.61 Å². The largest absolute Gasteiger partial charge is 0.466 e. The minimum absolute atomic E-state index is 0.0202. The van der Waals surface area contributed by atoms with Crippen LogP contribution < -0.4 is 10.9 Å². The van der Waals surface area contributed by atoms with E-state index in [0.717, 1.165) is 25.7 Å². The van der Waals surface area contributed by atoms with E-state index in [1.54, 1.807) is 6.92 Å². The molecule has 3 N–H and O–H groups in total. The molecule has 6 nitrogen and oxygen atoms in total. The van der Waals surface area contributed by atoms with Crippen molar-refractivity contribution in [3.63, 3.8) is 0 Å². The molecule has 0 aliphatic heterocycles. The Morgan fingerprint density at radius 3 is 2.50 bits per heavy atom. The van der Waals surface area contributed by atoms with Crippen molar-refractivity contribution < 1.29 is 19.4 Å². The topological polar surface area (TPSA) is 87.7 Å². The van der Waals surface area contributed by atoms with Crippen LogP contribution in [0.2, 0.25) is 0 Å². The Balaban J connectivity index is 2.32. The Bertz CT molecular complexity index is 298. The zero-order chi connectivity index (χ0) is 13.6. The zero-order valence-corrected chi connectivity index (χ0v) is 11.0. The van der Waals surface area contributed by atoms with E-state index in [9.17, 15) is 9.59 Å². The summed E-state index contributed by atoms with van der Waals surface area (Å²) in [6.07, 6.45) is 2.87. The third-order valence-corrected chi connectivity index (χ3v) is 3.45. The maximum Gasteiger partial charge on any atom is 0.419 e. The molecule has 1 aliphatic carbocycles. The molecule has 18 heavy (non-hydrogen) atoms. The number of hydrogen-bond donors (Lipinski definition) is 3. The molecule has 0 radical (unpaired) electrons. The fourth-order valence-electron chi connectivity index (χ4n) is 2.36. The molecule has 0 unspecified atom stereocenters. The van der Waals surface area contributed by atoms with E-state index in [-0.39, 0.29) is 17.4 Å². The highest BCUT2D eigenvalue weighted by Gasteiger charge is 2.33. The van der Waals surface area contributed by atoms with Crippen LogP contribution in [-0.2, 0) is 9.53 Å². The van der Waals surface area contributed by atoms with Crippen LogP contribution in [0.15, 0.2) is 0 Å². The first-order valence-corrected chi connectivity index (χ1v) is 6.35. The summed E-state index contributed by atoms with van der Waals surface area (Å²) in [6, 6.07) is 0.149. The molecule has 0 aromatic carbocycles. The predicted octanol–water partition coefficient (Wildman–Crippen LogP) is 1.66. The molecule has 0 bridgehead atoms. The highest BCUT2D eigenvalue weighted by molar-refractivity contribution is 5.70. The van der Waals surface area contributed by atoms with Gasteiger partial charge in [0, 0.05) is 6.04 Å². The van der Waals surface area contributed by atoms with Crippen molar-refractivity contribution in [3.05, 3.63) is 0 Å². The standard InChI is InChI=1S/C12H22N2O4/c1-3-18-10(15)8-12(2)6-4-9(5-7-12)13-14-11(16)17/h9,13-14H,3-8H2,1-2H3,(H,16,17). The third-order valence-electron chi connectivity index (χ3n) is 3.45. The maximum absolute atomic E-state index is 11.5. The summed E-state index contributed by atoms with van der Waals surface area (Å²) in [5.41, 5.74) is 4.93. The fraction of sp³-hybridized carbons (Fsp3) is 0.833. The second-order valence-electron chi connectivity index (χ2n) is 5.14. The van der Waals surface area contributed by atoms with Crippen LogP contribution in [0.5, 0.6) is 0 Å². The van der Waals surface area contributed by atoms with Gasteiger partial charge in [-0.1, -0.05) is 6.92 Å². The summed E-state index contributed by atoms with van der Waals surface area (Å²) in [4.78, 5) is 21.8. The molecule has 0 heterocycles. The normalized spacial score (nSPS) is 27.6. The summed E-state index contributed by atoms with van der Waals surface area (Å²) in [5.74, 6) is -0.143. The number of esters is 1. The molecule has 1 fully saturated rings. The summed E-state index contributed by atoms with van der Waals surface area (Å²) in [7, 11) is 0. The predicted molar refractivity (Wildman–Crippen MR) is 65.9 cm³/mol. The first kappa shape index (κ1) is 14.8. The Hall–Kier alpha value is -1.30. The number of hydrazine groups is 1. The average Bonchev–Trinajstić information content (AvgIpc) is 2.28. The number of carbonyl (C=O) groups excluding carboxylic acids is 1. The minimum atomic E-state index is -1.07. The Kier molecular flexibility index (Phi) is 5.40. The molecule has 1 rings (SSSR count). The fourth-order valence-corrected chi connectivity index (χ4v) is 2.36. The number of rotatable bonds is 5. The van der Waals surface area contributed by atoms with E-state index in [2.05, 4.69) is 17.8 Å².